The topological polar surface area (TPSA) is 38.3 Å². The summed E-state index contributed by atoms with van der Waals surface area (Å²) < 4.78 is 5.66. The van der Waals surface area contributed by atoms with Crippen LogP contribution in [0.1, 0.15) is 12.5 Å². The summed E-state index contributed by atoms with van der Waals surface area (Å²) in [4.78, 5) is 11.0. The Hall–Kier alpha value is -1.71. The van der Waals surface area contributed by atoms with Gasteiger partial charge in [0.1, 0.15) is 12.4 Å². The van der Waals surface area contributed by atoms with Crippen LogP contribution in [0, 0.1) is 0 Å². The molecule has 20 heavy (non-hydrogen) atoms. The maximum atomic E-state index is 11.0. The molecular weight excluding hydrogens is 297 g/mol. The third kappa shape index (κ3) is 3.89. The summed E-state index contributed by atoms with van der Waals surface area (Å²) in [5.41, 5.74) is 1.50. The largest absolute Gasteiger partial charge is 0.489 e. The van der Waals surface area contributed by atoms with Crippen molar-refractivity contribution in [2.75, 3.05) is 5.32 Å². The average Bonchev–Trinajstić information content (AvgIpc) is 2.40. The summed E-state index contributed by atoms with van der Waals surface area (Å²) in [5.74, 6) is 0.521. The lowest BCUT2D eigenvalue weighted by Crippen LogP contribution is -2.05. The monoisotopic (exact) mass is 309 g/mol. The summed E-state index contributed by atoms with van der Waals surface area (Å²) in [7, 11) is 0. The van der Waals surface area contributed by atoms with Crippen molar-refractivity contribution in [3.63, 3.8) is 0 Å². The molecule has 1 N–H and O–H groups in total. The molecule has 0 unspecified atom stereocenters. The molecule has 0 aliphatic rings. The standard InChI is InChI=1S/C15H13Cl2NO2/c1-10(19)18-12-5-3-6-13(8-12)20-9-11-4-2-7-14(16)15(11)17/h2-8H,9H2,1H3,(H,18,19). The molecule has 1 amide bonds. The Kier molecular flexibility index (Phi) is 4.88. The van der Waals surface area contributed by atoms with E-state index in [0.717, 1.165) is 5.56 Å². The lowest BCUT2D eigenvalue weighted by Gasteiger charge is -2.10. The molecule has 0 spiro atoms. The summed E-state index contributed by atoms with van der Waals surface area (Å²) in [6.45, 7) is 1.77. The zero-order valence-corrected chi connectivity index (χ0v) is 12.3. The number of benzene rings is 2. The Morgan fingerprint density at radius 1 is 1.20 bits per heavy atom. The van der Waals surface area contributed by atoms with Crippen LogP contribution >= 0.6 is 23.2 Å². The molecule has 0 saturated heterocycles. The van der Waals surface area contributed by atoms with E-state index in [2.05, 4.69) is 5.32 Å². The van der Waals surface area contributed by atoms with E-state index in [4.69, 9.17) is 27.9 Å². The Bertz CT molecular complexity index is 629. The van der Waals surface area contributed by atoms with Gasteiger partial charge in [0.2, 0.25) is 5.91 Å². The molecule has 3 nitrogen and oxygen atoms in total. The lowest BCUT2D eigenvalue weighted by atomic mass is 10.2. The summed E-state index contributed by atoms with van der Waals surface area (Å²) in [6.07, 6.45) is 0. The zero-order valence-electron chi connectivity index (χ0n) is 10.8. The minimum atomic E-state index is -0.125. The zero-order chi connectivity index (χ0) is 14.5. The average molecular weight is 310 g/mol. The Labute approximate surface area is 127 Å². The number of anilines is 1. The smallest absolute Gasteiger partial charge is 0.221 e. The molecule has 0 radical (unpaired) electrons. The fraction of sp³-hybridized carbons (Fsp3) is 0.133. The van der Waals surface area contributed by atoms with Gasteiger partial charge in [-0.25, -0.2) is 0 Å². The van der Waals surface area contributed by atoms with Crippen molar-refractivity contribution in [1.29, 1.82) is 0 Å². The fourth-order valence-corrected chi connectivity index (χ4v) is 2.06. The fourth-order valence-electron chi connectivity index (χ4n) is 1.69. The summed E-state index contributed by atoms with van der Waals surface area (Å²) in [5, 5.41) is 3.69. The van der Waals surface area contributed by atoms with E-state index in [1.165, 1.54) is 6.92 Å². The first-order valence-electron chi connectivity index (χ1n) is 5.99. The SMILES string of the molecule is CC(=O)Nc1cccc(OCc2cccc(Cl)c2Cl)c1. The number of carbonyl (C=O) groups excluding carboxylic acids is 1. The Balaban J connectivity index is 2.07. The van der Waals surface area contributed by atoms with Crippen LogP contribution in [0.2, 0.25) is 10.0 Å². The molecule has 5 heteroatoms. The molecule has 2 rings (SSSR count). The minimum Gasteiger partial charge on any atom is -0.489 e. The summed E-state index contributed by atoms with van der Waals surface area (Å²) in [6, 6.07) is 12.6. The highest BCUT2D eigenvalue weighted by Gasteiger charge is 2.05. The van der Waals surface area contributed by atoms with E-state index in [9.17, 15) is 4.79 Å². The van der Waals surface area contributed by atoms with Crippen molar-refractivity contribution in [2.45, 2.75) is 13.5 Å². The molecule has 0 fully saturated rings. The number of rotatable bonds is 4. The van der Waals surface area contributed by atoms with E-state index in [0.29, 0.717) is 28.1 Å². The third-order valence-electron chi connectivity index (χ3n) is 2.58. The number of hydrogen-bond acceptors (Lipinski definition) is 2. The highest BCUT2D eigenvalue weighted by Crippen LogP contribution is 2.27. The van der Waals surface area contributed by atoms with Gasteiger partial charge in [0, 0.05) is 24.2 Å². The maximum Gasteiger partial charge on any atom is 0.221 e. The lowest BCUT2D eigenvalue weighted by molar-refractivity contribution is -0.114. The molecular formula is C15H13Cl2NO2. The molecule has 0 bridgehead atoms. The highest BCUT2D eigenvalue weighted by atomic mass is 35.5. The van der Waals surface area contributed by atoms with Crippen LogP contribution in [0.15, 0.2) is 42.5 Å². The molecule has 2 aromatic carbocycles. The van der Waals surface area contributed by atoms with Gasteiger partial charge in [0.05, 0.1) is 10.0 Å². The number of ether oxygens (including phenoxy) is 1. The minimum absolute atomic E-state index is 0.125. The van der Waals surface area contributed by atoms with Crippen molar-refractivity contribution in [3.8, 4) is 5.75 Å². The third-order valence-corrected chi connectivity index (χ3v) is 3.44. The Morgan fingerprint density at radius 3 is 2.70 bits per heavy atom. The second-order valence-corrected chi connectivity index (χ2v) is 5.00. The van der Waals surface area contributed by atoms with E-state index < -0.39 is 0 Å². The number of nitrogens with one attached hydrogen (secondary N) is 1. The van der Waals surface area contributed by atoms with E-state index in [1.807, 2.05) is 18.2 Å². The maximum absolute atomic E-state index is 11.0. The number of amides is 1. The van der Waals surface area contributed by atoms with Gasteiger partial charge in [-0.05, 0) is 18.2 Å². The van der Waals surface area contributed by atoms with Crippen molar-refractivity contribution < 1.29 is 9.53 Å². The quantitative estimate of drug-likeness (QED) is 0.901. The number of halogens is 2. The van der Waals surface area contributed by atoms with E-state index in [-0.39, 0.29) is 5.91 Å². The van der Waals surface area contributed by atoms with Gasteiger partial charge in [-0.1, -0.05) is 41.4 Å². The van der Waals surface area contributed by atoms with Gasteiger partial charge in [0.25, 0.3) is 0 Å². The van der Waals surface area contributed by atoms with Crippen LogP contribution in [0.25, 0.3) is 0 Å². The molecule has 0 aliphatic heterocycles. The molecule has 0 aromatic heterocycles. The normalized spacial score (nSPS) is 10.2. The van der Waals surface area contributed by atoms with Gasteiger partial charge < -0.3 is 10.1 Å². The molecule has 0 saturated carbocycles. The van der Waals surface area contributed by atoms with Crippen LogP contribution < -0.4 is 10.1 Å². The van der Waals surface area contributed by atoms with Crippen LogP contribution in [0.5, 0.6) is 5.75 Å². The first kappa shape index (κ1) is 14.7. The van der Waals surface area contributed by atoms with Crippen molar-refractivity contribution in [2.24, 2.45) is 0 Å². The van der Waals surface area contributed by atoms with Gasteiger partial charge in [-0.15, -0.1) is 0 Å². The Morgan fingerprint density at radius 2 is 1.95 bits per heavy atom. The number of carbonyl (C=O) groups is 1. The predicted octanol–water partition coefficient (Wildman–Crippen LogP) is 4.53. The van der Waals surface area contributed by atoms with Gasteiger partial charge in [-0.2, -0.15) is 0 Å². The first-order valence-corrected chi connectivity index (χ1v) is 6.75. The second kappa shape index (κ2) is 6.64. The molecule has 0 aliphatic carbocycles. The van der Waals surface area contributed by atoms with Crippen LogP contribution in [0.3, 0.4) is 0 Å². The van der Waals surface area contributed by atoms with Crippen LogP contribution in [0.4, 0.5) is 5.69 Å². The van der Waals surface area contributed by atoms with Crippen LogP contribution in [-0.4, -0.2) is 5.91 Å². The molecule has 0 atom stereocenters. The van der Waals surface area contributed by atoms with Crippen molar-refractivity contribution in [3.05, 3.63) is 58.1 Å². The van der Waals surface area contributed by atoms with Gasteiger partial charge in [-0.3, -0.25) is 4.79 Å². The number of hydrogen-bond donors (Lipinski definition) is 1. The van der Waals surface area contributed by atoms with Crippen LogP contribution in [-0.2, 0) is 11.4 Å². The first-order chi connectivity index (χ1) is 9.56. The molecule has 0 heterocycles. The van der Waals surface area contributed by atoms with E-state index in [1.54, 1.807) is 24.3 Å². The highest BCUT2D eigenvalue weighted by molar-refractivity contribution is 6.42. The van der Waals surface area contributed by atoms with Gasteiger partial charge in [0.15, 0.2) is 0 Å². The van der Waals surface area contributed by atoms with Crippen molar-refractivity contribution in [1.82, 2.24) is 0 Å². The van der Waals surface area contributed by atoms with Crippen molar-refractivity contribution >= 4 is 34.8 Å². The molecule has 2 aromatic rings. The molecule has 104 valence electrons. The van der Waals surface area contributed by atoms with E-state index >= 15 is 0 Å². The second-order valence-electron chi connectivity index (χ2n) is 4.21. The van der Waals surface area contributed by atoms with Gasteiger partial charge >= 0.3 is 0 Å². The predicted molar refractivity (Wildman–Crippen MR) is 81.5 cm³/mol. The summed E-state index contributed by atoms with van der Waals surface area (Å²) >= 11 is 12.0.